The monoisotopic (exact) mass is 313 g/mol. The molecule has 1 aliphatic rings. The summed E-state index contributed by atoms with van der Waals surface area (Å²) in [6, 6.07) is 9.43. The first-order valence-corrected chi connectivity index (χ1v) is 8.05. The van der Waals surface area contributed by atoms with Gasteiger partial charge in [-0.05, 0) is 50.5 Å². The van der Waals surface area contributed by atoms with Crippen LogP contribution in [0.2, 0.25) is 0 Å². The summed E-state index contributed by atoms with van der Waals surface area (Å²) in [6.07, 6.45) is 5.46. The van der Waals surface area contributed by atoms with Crippen LogP contribution in [0.3, 0.4) is 0 Å². The first kappa shape index (κ1) is 15.7. The highest BCUT2D eigenvalue weighted by Crippen LogP contribution is 2.28. The van der Waals surface area contributed by atoms with Crippen molar-refractivity contribution in [2.45, 2.75) is 44.9 Å². The van der Waals surface area contributed by atoms with Gasteiger partial charge in [-0.25, -0.2) is 0 Å². The molecule has 3 rings (SSSR count). The Morgan fingerprint density at radius 1 is 1.35 bits per heavy atom. The fourth-order valence-corrected chi connectivity index (χ4v) is 3.24. The summed E-state index contributed by atoms with van der Waals surface area (Å²) in [4.78, 5) is 14.5. The maximum Gasteiger partial charge on any atom is 0.254 e. The zero-order valence-electron chi connectivity index (χ0n) is 13.6. The summed E-state index contributed by atoms with van der Waals surface area (Å²) < 4.78 is 1.85. The van der Waals surface area contributed by atoms with E-state index in [1.54, 1.807) is 20.0 Å². The Balaban J connectivity index is 1.72. The second-order valence-corrected chi connectivity index (χ2v) is 6.71. The number of hydrogen-bond acceptors (Lipinski definition) is 3. The zero-order valence-corrected chi connectivity index (χ0v) is 13.6. The molecule has 0 radical (unpaired) electrons. The molecular formula is C18H23N3O2. The standard InChI is InChI=1S/C18H23N3O2/c1-18(2,23)16-5-3-12-21(16)17(22)15-8-6-14(7-9-15)13-20-11-4-10-19-20/h4,6-11,16,23H,3,5,12-13H2,1-2H3. The first-order valence-electron chi connectivity index (χ1n) is 8.05. The van der Waals surface area contributed by atoms with Gasteiger partial charge in [-0.3, -0.25) is 9.48 Å². The number of hydrogen-bond donors (Lipinski definition) is 1. The number of likely N-dealkylation sites (tertiary alicyclic amines) is 1. The van der Waals surface area contributed by atoms with E-state index < -0.39 is 5.60 Å². The van der Waals surface area contributed by atoms with Gasteiger partial charge in [-0.15, -0.1) is 0 Å². The third-order valence-electron chi connectivity index (χ3n) is 4.43. The lowest BCUT2D eigenvalue weighted by molar-refractivity contribution is 0.000335. The molecule has 0 saturated carbocycles. The lowest BCUT2D eigenvalue weighted by Crippen LogP contribution is -2.48. The van der Waals surface area contributed by atoms with Crippen molar-refractivity contribution in [3.8, 4) is 0 Å². The second-order valence-electron chi connectivity index (χ2n) is 6.71. The summed E-state index contributed by atoms with van der Waals surface area (Å²) in [5, 5.41) is 14.5. The minimum absolute atomic E-state index is 0.000245. The highest BCUT2D eigenvalue weighted by atomic mass is 16.3. The van der Waals surface area contributed by atoms with Crippen LogP contribution >= 0.6 is 0 Å². The number of aromatic nitrogens is 2. The van der Waals surface area contributed by atoms with Crippen LogP contribution in [0.15, 0.2) is 42.7 Å². The van der Waals surface area contributed by atoms with Crippen molar-refractivity contribution in [3.63, 3.8) is 0 Å². The van der Waals surface area contributed by atoms with Crippen LogP contribution in [0.5, 0.6) is 0 Å². The minimum atomic E-state index is -0.869. The van der Waals surface area contributed by atoms with Crippen LogP contribution < -0.4 is 0 Å². The van der Waals surface area contributed by atoms with Gasteiger partial charge in [-0.2, -0.15) is 5.10 Å². The smallest absolute Gasteiger partial charge is 0.254 e. The third kappa shape index (κ3) is 3.45. The van der Waals surface area contributed by atoms with E-state index in [1.807, 2.05) is 46.1 Å². The molecule has 1 saturated heterocycles. The molecule has 1 aliphatic heterocycles. The lowest BCUT2D eigenvalue weighted by atomic mass is 9.96. The number of carbonyl (C=O) groups is 1. The number of amides is 1. The fraction of sp³-hybridized carbons (Fsp3) is 0.444. The van der Waals surface area contributed by atoms with E-state index in [1.165, 1.54) is 0 Å². The number of nitrogens with zero attached hydrogens (tertiary/aromatic N) is 3. The van der Waals surface area contributed by atoms with Crippen LogP contribution in [0.1, 0.15) is 42.6 Å². The zero-order chi connectivity index (χ0) is 16.4. The molecule has 2 heterocycles. The van der Waals surface area contributed by atoms with E-state index in [0.29, 0.717) is 18.7 Å². The quantitative estimate of drug-likeness (QED) is 0.942. The Bertz CT molecular complexity index is 657. The Morgan fingerprint density at radius 3 is 2.70 bits per heavy atom. The van der Waals surface area contributed by atoms with Gasteiger partial charge in [0.1, 0.15) is 0 Å². The van der Waals surface area contributed by atoms with E-state index in [9.17, 15) is 9.90 Å². The summed E-state index contributed by atoms with van der Waals surface area (Å²) in [6.45, 7) is 4.95. The number of benzene rings is 1. The molecule has 0 aliphatic carbocycles. The Kier molecular flexibility index (Phi) is 4.22. The molecule has 122 valence electrons. The molecule has 0 spiro atoms. The summed E-state index contributed by atoms with van der Waals surface area (Å²) in [5.74, 6) is 0.000245. The lowest BCUT2D eigenvalue weighted by Gasteiger charge is -2.33. The Morgan fingerprint density at radius 2 is 2.09 bits per heavy atom. The Labute approximate surface area is 136 Å². The van der Waals surface area contributed by atoms with Crippen molar-refractivity contribution in [1.82, 2.24) is 14.7 Å². The molecule has 1 N–H and O–H groups in total. The molecule has 5 nitrogen and oxygen atoms in total. The molecule has 23 heavy (non-hydrogen) atoms. The average molecular weight is 313 g/mol. The van der Waals surface area contributed by atoms with Gasteiger partial charge in [0.25, 0.3) is 5.91 Å². The van der Waals surface area contributed by atoms with Gasteiger partial charge < -0.3 is 10.0 Å². The molecule has 1 amide bonds. The number of rotatable bonds is 4. The van der Waals surface area contributed by atoms with Gasteiger partial charge in [0.05, 0.1) is 18.2 Å². The van der Waals surface area contributed by atoms with Crippen LogP contribution in [0, 0.1) is 0 Å². The SMILES string of the molecule is CC(C)(O)C1CCCN1C(=O)c1ccc(Cn2cccn2)cc1. The predicted molar refractivity (Wildman–Crippen MR) is 88.1 cm³/mol. The maximum absolute atomic E-state index is 12.7. The van der Waals surface area contributed by atoms with Crippen molar-refractivity contribution >= 4 is 5.91 Å². The molecule has 2 aromatic rings. The minimum Gasteiger partial charge on any atom is -0.388 e. The van der Waals surface area contributed by atoms with Crippen molar-refractivity contribution in [1.29, 1.82) is 0 Å². The molecule has 0 bridgehead atoms. The van der Waals surface area contributed by atoms with E-state index in [2.05, 4.69) is 5.10 Å². The maximum atomic E-state index is 12.7. The van der Waals surface area contributed by atoms with E-state index in [0.717, 1.165) is 18.4 Å². The number of aliphatic hydroxyl groups is 1. The van der Waals surface area contributed by atoms with Crippen molar-refractivity contribution in [3.05, 3.63) is 53.9 Å². The molecule has 1 fully saturated rings. The largest absolute Gasteiger partial charge is 0.388 e. The Hall–Kier alpha value is -2.14. The highest BCUT2D eigenvalue weighted by molar-refractivity contribution is 5.94. The molecule has 1 aromatic carbocycles. The first-order chi connectivity index (χ1) is 10.9. The van der Waals surface area contributed by atoms with E-state index in [-0.39, 0.29) is 11.9 Å². The van der Waals surface area contributed by atoms with Crippen LogP contribution in [-0.2, 0) is 6.54 Å². The molecule has 1 unspecified atom stereocenters. The molecule has 1 aromatic heterocycles. The summed E-state index contributed by atoms with van der Waals surface area (Å²) in [7, 11) is 0. The van der Waals surface area contributed by atoms with Crippen LogP contribution in [-0.4, -0.2) is 43.9 Å². The molecule has 5 heteroatoms. The van der Waals surface area contributed by atoms with Crippen molar-refractivity contribution in [2.75, 3.05) is 6.54 Å². The molecule has 1 atom stereocenters. The van der Waals surface area contributed by atoms with E-state index in [4.69, 9.17) is 0 Å². The summed E-state index contributed by atoms with van der Waals surface area (Å²) >= 11 is 0. The van der Waals surface area contributed by atoms with Gasteiger partial charge in [0, 0.05) is 24.5 Å². The van der Waals surface area contributed by atoms with Crippen molar-refractivity contribution < 1.29 is 9.90 Å². The number of carbonyl (C=O) groups excluding carboxylic acids is 1. The fourth-order valence-electron chi connectivity index (χ4n) is 3.24. The van der Waals surface area contributed by atoms with E-state index >= 15 is 0 Å². The average Bonchev–Trinajstić information content (AvgIpc) is 3.18. The van der Waals surface area contributed by atoms with Gasteiger partial charge in [0.2, 0.25) is 0 Å². The highest BCUT2D eigenvalue weighted by Gasteiger charge is 2.38. The van der Waals surface area contributed by atoms with Crippen LogP contribution in [0.4, 0.5) is 0 Å². The topological polar surface area (TPSA) is 58.4 Å². The van der Waals surface area contributed by atoms with Crippen molar-refractivity contribution in [2.24, 2.45) is 0 Å². The normalized spacial score (nSPS) is 18.4. The van der Waals surface area contributed by atoms with Gasteiger partial charge in [0.15, 0.2) is 0 Å². The summed E-state index contributed by atoms with van der Waals surface area (Å²) in [5.41, 5.74) is 0.905. The predicted octanol–water partition coefficient (Wildman–Crippen LogP) is 2.31. The van der Waals surface area contributed by atoms with Gasteiger partial charge >= 0.3 is 0 Å². The third-order valence-corrected chi connectivity index (χ3v) is 4.43. The second kappa shape index (κ2) is 6.16. The van der Waals surface area contributed by atoms with Crippen LogP contribution in [0.25, 0.3) is 0 Å². The van der Waals surface area contributed by atoms with Gasteiger partial charge in [-0.1, -0.05) is 12.1 Å². The molecular weight excluding hydrogens is 290 g/mol.